The lowest BCUT2D eigenvalue weighted by Crippen LogP contribution is -2.25. The summed E-state index contributed by atoms with van der Waals surface area (Å²) in [5.41, 5.74) is 1.84. The summed E-state index contributed by atoms with van der Waals surface area (Å²) in [7, 11) is 1.61. The second-order valence-electron chi connectivity index (χ2n) is 6.16. The van der Waals surface area contributed by atoms with Crippen LogP contribution in [0.15, 0.2) is 35.7 Å². The van der Waals surface area contributed by atoms with Crippen molar-refractivity contribution >= 4 is 22.9 Å². The van der Waals surface area contributed by atoms with Crippen LogP contribution in [0.3, 0.4) is 0 Å². The Labute approximate surface area is 148 Å². The summed E-state index contributed by atoms with van der Waals surface area (Å²) in [6.45, 7) is 6.84. The van der Waals surface area contributed by atoms with Crippen LogP contribution in [0.5, 0.6) is 5.75 Å². The Morgan fingerprint density at radius 3 is 2.71 bits per heavy atom. The number of hydrogen-bond donors (Lipinski definition) is 2. The van der Waals surface area contributed by atoms with Gasteiger partial charge in [-0.05, 0) is 54.9 Å². The predicted molar refractivity (Wildman–Crippen MR) is 101 cm³/mol. The second-order valence-corrected chi connectivity index (χ2v) is 7.19. The van der Waals surface area contributed by atoms with E-state index in [4.69, 9.17) is 4.74 Å². The molecule has 0 aliphatic heterocycles. The Bertz CT molecular complexity index is 655. The topological polar surface area (TPSA) is 50.4 Å². The third-order valence-electron chi connectivity index (χ3n) is 3.94. The summed E-state index contributed by atoms with van der Waals surface area (Å²) < 4.78 is 5.30. The maximum Gasteiger partial charge on any atom is 0.221 e. The summed E-state index contributed by atoms with van der Waals surface area (Å²) in [6, 6.07) is 10.4. The van der Waals surface area contributed by atoms with E-state index in [9.17, 15) is 4.79 Å². The molecule has 2 N–H and O–H groups in total. The summed E-state index contributed by atoms with van der Waals surface area (Å²) >= 11 is 1.81. The average molecular weight is 346 g/mol. The lowest BCUT2D eigenvalue weighted by molar-refractivity contribution is -0.114. The SMILES string of the molecule is COc1ccc([C@@H](C)NC[C@@H](C)Cc2cccs2)cc1NC(C)=O. The van der Waals surface area contributed by atoms with Crippen LogP contribution < -0.4 is 15.4 Å². The zero-order chi connectivity index (χ0) is 17.5. The van der Waals surface area contributed by atoms with E-state index in [2.05, 4.69) is 42.0 Å². The molecule has 0 aliphatic carbocycles. The van der Waals surface area contributed by atoms with Gasteiger partial charge < -0.3 is 15.4 Å². The van der Waals surface area contributed by atoms with Crippen LogP contribution in [0.25, 0.3) is 0 Å². The van der Waals surface area contributed by atoms with Crippen LogP contribution in [0.4, 0.5) is 5.69 Å². The molecule has 5 heteroatoms. The van der Waals surface area contributed by atoms with Crippen LogP contribution >= 0.6 is 11.3 Å². The van der Waals surface area contributed by atoms with Gasteiger partial charge in [0.15, 0.2) is 0 Å². The number of carbonyl (C=O) groups is 1. The van der Waals surface area contributed by atoms with Gasteiger partial charge in [-0.2, -0.15) is 0 Å². The van der Waals surface area contributed by atoms with Crippen LogP contribution in [0.1, 0.15) is 37.3 Å². The molecule has 0 radical (unpaired) electrons. The number of hydrogen-bond acceptors (Lipinski definition) is 4. The minimum absolute atomic E-state index is 0.101. The molecular weight excluding hydrogens is 320 g/mol. The molecule has 1 heterocycles. The molecule has 4 nitrogen and oxygen atoms in total. The van der Waals surface area contributed by atoms with Gasteiger partial charge in [0.2, 0.25) is 5.91 Å². The molecule has 24 heavy (non-hydrogen) atoms. The van der Waals surface area contributed by atoms with Crippen molar-refractivity contribution in [3.63, 3.8) is 0 Å². The minimum Gasteiger partial charge on any atom is -0.495 e. The van der Waals surface area contributed by atoms with Gasteiger partial charge in [0, 0.05) is 17.8 Å². The Kier molecular flexibility index (Phi) is 6.82. The quantitative estimate of drug-likeness (QED) is 0.751. The molecule has 130 valence electrons. The number of ether oxygens (including phenoxy) is 1. The van der Waals surface area contributed by atoms with Gasteiger partial charge in [-0.3, -0.25) is 4.79 Å². The number of methoxy groups -OCH3 is 1. The summed E-state index contributed by atoms with van der Waals surface area (Å²) in [4.78, 5) is 12.8. The van der Waals surface area contributed by atoms with Gasteiger partial charge in [-0.15, -0.1) is 11.3 Å². The van der Waals surface area contributed by atoms with E-state index in [0.29, 0.717) is 17.4 Å². The van der Waals surface area contributed by atoms with Crippen molar-refractivity contribution in [3.8, 4) is 5.75 Å². The van der Waals surface area contributed by atoms with Gasteiger partial charge in [-0.25, -0.2) is 0 Å². The van der Waals surface area contributed by atoms with Crippen molar-refractivity contribution in [2.45, 2.75) is 33.2 Å². The van der Waals surface area contributed by atoms with E-state index in [-0.39, 0.29) is 11.9 Å². The third-order valence-corrected chi connectivity index (χ3v) is 4.84. The van der Waals surface area contributed by atoms with Crippen molar-refractivity contribution in [1.29, 1.82) is 0 Å². The molecule has 2 rings (SSSR count). The molecule has 1 amide bonds. The van der Waals surface area contributed by atoms with Crippen molar-refractivity contribution in [3.05, 3.63) is 46.2 Å². The molecule has 0 saturated carbocycles. The number of carbonyl (C=O) groups excluding carboxylic acids is 1. The van der Waals surface area contributed by atoms with E-state index in [1.807, 2.05) is 29.5 Å². The molecule has 0 saturated heterocycles. The molecule has 0 unspecified atom stereocenters. The fourth-order valence-electron chi connectivity index (χ4n) is 2.62. The first kappa shape index (κ1) is 18.5. The monoisotopic (exact) mass is 346 g/mol. The number of nitrogens with one attached hydrogen (secondary N) is 2. The first-order valence-corrected chi connectivity index (χ1v) is 9.09. The molecule has 1 aromatic heterocycles. The fraction of sp³-hybridized carbons (Fsp3) is 0.421. The first-order valence-electron chi connectivity index (χ1n) is 8.21. The van der Waals surface area contributed by atoms with Crippen molar-refractivity contribution in [2.75, 3.05) is 19.0 Å². The zero-order valence-electron chi connectivity index (χ0n) is 14.8. The summed E-state index contributed by atoms with van der Waals surface area (Å²) in [6.07, 6.45) is 1.09. The average Bonchev–Trinajstić information content (AvgIpc) is 3.05. The smallest absolute Gasteiger partial charge is 0.221 e. The summed E-state index contributed by atoms with van der Waals surface area (Å²) in [5, 5.41) is 8.53. The maximum atomic E-state index is 11.3. The molecule has 2 atom stereocenters. The van der Waals surface area contributed by atoms with E-state index in [0.717, 1.165) is 18.5 Å². The zero-order valence-corrected chi connectivity index (χ0v) is 15.6. The normalized spacial score (nSPS) is 13.3. The van der Waals surface area contributed by atoms with Crippen LogP contribution in [-0.2, 0) is 11.2 Å². The molecule has 2 aromatic rings. The van der Waals surface area contributed by atoms with Gasteiger partial charge in [0.25, 0.3) is 0 Å². The standard InChI is InChI=1S/C19H26N2O2S/c1-13(10-17-6-5-9-24-17)12-20-14(2)16-7-8-19(23-4)18(11-16)21-15(3)22/h5-9,11,13-14,20H,10,12H2,1-4H3,(H,21,22)/t13-,14+/m0/s1. The first-order chi connectivity index (χ1) is 11.5. The molecular formula is C19H26N2O2S. The second kappa shape index (κ2) is 8.85. The van der Waals surface area contributed by atoms with Crippen molar-refractivity contribution in [2.24, 2.45) is 5.92 Å². The Morgan fingerprint density at radius 2 is 2.08 bits per heavy atom. The third kappa shape index (κ3) is 5.35. The Balaban J connectivity index is 1.95. The summed E-state index contributed by atoms with van der Waals surface area (Å²) in [5.74, 6) is 1.14. The van der Waals surface area contributed by atoms with E-state index < -0.39 is 0 Å². The molecule has 0 aliphatic rings. The van der Waals surface area contributed by atoms with E-state index >= 15 is 0 Å². The van der Waals surface area contributed by atoms with Crippen molar-refractivity contribution in [1.82, 2.24) is 5.32 Å². The highest BCUT2D eigenvalue weighted by Gasteiger charge is 2.12. The number of rotatable bonds is 8. The molecule has 0 bridgehead atoms. The van der Waals surface area contributed by atoms with Gasteiger partial charge in [0.1, 0.15) is 5.75 Å². The van der Waals surface area contributed by atoms with E-state index in [1.54, 1.807) is 7.11 Å². The van der Waals surface area contributed by atoms with Crippen LogP contribution in [0.2, 0.25) is 0 Å². The fourth-order valence-corrected chi connectivity index (χ4v) is 3.49. The highest BCUT2D eigenvalue weighted by molar-refractivity contribution is 7.09. The van der Waals surface area contributed by atoms with Gasteiger partial charge in [-0.1, -0.05) is 19.1 Å². The molecule has 0 spiro atoms. The van der Waals surface area contributed by atoms with Crippen molar-refractivity contribution < 1.29 is 9.53 Å². The number of amides is 1. The van der Waals surface area contributed by atoms with Crippen LogP contribution in [0, 0.1) is 5.92 Å². The maximum absolute atomic E-state index is 11.3. The highest BCUT2D eigenvalue weighted by Crippen LogP contribution is 2.28. The number of benzene rings is 1. The van der Waals surface area contributed by atoms with Gasteiger partial charge >= 0.3 is 0 Å². The highest BCUT2D eigenvalue weighted by atomic mass is 32.1. The Hall–Kier alpha value is -1.85. The number of anilines is 1. The number of thiophene rings is 1. The Morgan fingerprint density at radius 1 is 1.29 bits per heavy atom. The largest absolute Gasteiger partial charge is 0.495 e. The minimum atomic E-state index is -0.101. The van der Waals surface area contributed by atoms with E-state index in [1.165, 1.54) is 11.8 Å². The molecule has 1 aromatic carbocycles. The molecule has 0 fully saturated rings. The van der Waals surface area contributed by atoms with Crippen LogP contribution in [-0.4, -0.2) is 19.6 Å². The van der Waals surface area contributed by atoms with Gasteiger partial charge in [0.05, 0.1) is 12.8 Å². The predicted octanol–water partition coefficient (Wildman–Crippen LogP) is 4.24. The lowest BCUT2D eigenvalue weighted by Gasteiger charge is -2.19. The lowest BCUT2D eigenvalue weighted by atomic mass is 10.0.